The molecule has 5 nitrogen and oxygen atoms in total. The van der Waals surface area contributed by atoms with Gasteiger partial charge in [0.05, 0.1) is 25.0 Å². The van der Waals surface area contributed by atoms with E-state index in [-0.39, 0.29) is 29.8 Å². The predicted molar refractivity (Wildman–Crippen MR) is 74.0 cm³/mol. The van der Waals surface area contributed by atoms with Crippen LogP contribution in [0.25, 0.3) is 0 Å². The third-order valence-electron chi connectivity index (χ3n) is 4.03. The first-order valence-electron chi connectivity index (χ1n) is 7.51. The molecule has 0 radical (unpaired) electrons. The lowest BCUT2D eigenvalue weighted by atomic mass is 10.1. The maximum Gasteiger partial charge on any atom is 0.309 e. The highest BCUT2D eigenvalue weighted by Gasteiger charge is 2.50. The van der Waals surface area contributed by atoms with E-state index in [1.165, 1.54) is 7.11 Å². The number of methoxy groups -OCH3 is 1. The summed E-state index contributed by atoms with van der Waals surface area (Å²) in [5, 5.41) is 0. The zero-order valence-corrected chi connectivity index (χ0v) is 12.6. The zero-order valence-electron chi connectivity index (χ0n) is 12.6. The molecule has 0 bridgehead atoms. The number of esters is 1. The van der Waals surface area contributed by atoms with Crippen molar-refractivity contribution >= 4 is 11.9 Å². The van der Waals surface area contributed by atoms with E-state index in [2.05, 4.69) is 18.6 Å². The molecule has 20 heavy (non-hydrogen) atoms. The van der Waals surface area contributed by atoms with Crippen molar-refractivity contribution < 1.29 is 19.1 Å². The molecule has 0 aromatic carbocycles. The Morgan fingerprint density at radius 2 is 1.85 bits per heavy atom. The molecule has 2 fully saturated rings. The van der Waals surface area contributed by atoms with Crippen LogP contribution in [0.2, 0.25) is 0 Å². The SMILES string of the molecule is COC(=O)[C@H]1C[C@H]1C(=O)N1CCC(OCC(C)C)CC1. The van der Waals surface area contributed by atoms with E-state index in [1.54, 1.807) is 0 Å². The Labute approximate surface area is 120 Å². The Kier molecular flexibility index (Phi) is 5.02. The van der Waals surface area contributed by atoms with Crippen LogP contribution in [0.1, 0.15) is 33.1 Å². The fraction of sp³-hybridized carbons (Fsp3) is 0.867. The van der Waals surface area contributed by atoms with Gasteiger partial charge in [0.25, 0.3) is 0 Å². The molecule has 5 heteroatoms. The molecule has 0 aromatic rings. The van der Waals surface area contributed by atoms with Gasteiger partial charge in [-0.3, -0.25) is 9.59 Å². The molecule has 1 amide bonds. The number of amides is 1. The molecule has 0 unspecified atom stereocenters. The van der Waals surface area contributed by atoms with Gasteiger partial charge in [-0.15, -0.1) is 0 Å². The van der Waals surface area contributed by atoms with Crippen molar-refractivity contribution in [2.75, 3.05) is 26.8 Å². The summed E-state index contributed by atoms with van der Waals surface area (Å²) in [7, 11) is 1.37. The van der Waals surface area contributed by atoms with Crippen LogP contribution >= 0.6 is 0 Å². The molecule has 114 valence electrons. The van der Waals surface area contributed by atoms with Crippen molar-refractivity contribution in [2.24, 2.45) is 17.8 Å². The lowest BCUT2D eigenvalue weighted by molar-refractivity contribution is -0.145. The molecule has 2 aliphatic rings. The largest absolute Gasteiger partial charge is 0.469 e. The maximum atomic E-state index is 12.2. The molecule has 2 atom stereocenters. The van der Waals surface area contributed by atoms with Crippen molar-refractivity contribution in [3.8, 4) is 0 Å². The van der Waals surface area contributed by atoms with Gasteiger partial charge in [0.2, 0.25) is 5.91 Å². The number of hydrogen-bond donors (Lipinski definition) is 0. The van der Waals surface area contributed by atoms with Crippen molar-refractivity contribution in [1.82, 2.24) is 4.90 Å². The van der Waals surface area contributed by atoms with Gasteiger partial charge in [-0.25, -0.2) is 0 Å². The Morgan fingerprint density at radius 1 is 1.20 bits per heavy atom. The van der Waals surface area contributed by atoms with E-state index in [9.17, 15) is 9.59 Å². The van der Waals surface area contributed by atoms with Crippen LogP contribution in [-0.4, -0.2) is 49.7 Å². The lowest BCUT2D eigenvalue weighted by Crippen LogP contribution is -2.42. The van der Waals surface area contributed by atoms with Crippen LogP contribution in [0.4, 0.5) is 0 Å². The quantitative estimate of drug-likeness (QED) is 0.717. The smallest absolute Gasteiger partial charge is 0.309 e. The van der Waals surface area contributed by atoms with Crippen LogP contribution in [0.5, 0.6) is 0 Å². The Morgan fingerprint density at radius 3 is 2.40 bits per heavy atom. The van der Waals surface area contributed by atoms with E-state index in [0.29, 0.717) is 12.3 Å². The number of ether oxygens (including phenoxy) is 2. The highest BCUT2D eigenvalue weighted by Crippen LogP contribution is 2.41. The normalized spacial score (nSPS) is 26.7. The first-order valence-corrected chi connectivity index (χ1v) is 7.51. The monoisotopic (exact) mass is 283 g/mol. The van der Waals surface area contributed by atoms with Gasteiger partial charge in [0.15, 0.2) is 0 Å². The summed E-state index contributed by atoms with van der Waals surface area (Å²) >= 11 is 0. The van der Waals surface area contributed by atoms with Crippen molar-refractivity contribution in [2.45, 2.75) is 39.2 Å². The summed E-state index contributed by atoms with van der Waals surface area (Å²) in [4.78, 5) is 25.5. The van der Waals surface area contributed by atoms with Gasteiger partial charge in [0, 0.05) is 19.7 Å². The Bertz CT molecular complexity index is 361. The second kappa shape index (κ2) is 6.57. The van der Waals surface area contributed by atoms with Crippen LogP contribution in [0, 0.1) is 17.8 Å². The first kappa shape index (κ1) is 15.3. The van der Waals surface area contributed by atoms with E-state index >= 15 is 0 Å². The van der Waals surface area contributed by atoms with Gasteiger partial charge < -0.3 is 14.4 Å². The number of piperidine rings is 1. The number of carbonyl (C=O) groups is 2. The standard InChI is InChI=1S/C15H25NO4/c1-10(2)9-20-11-4-6-16(7-5-11)14(17)12-8-13(12)15(18)19-3/h10-13H,4-9H2,1-3H3/t12-,13+/m1/s1. The topological polar surface area (TPSA) is 55.8 Å². The highest BCUT2D eigenvalue weighted by atomic mass is 16.5. The third-order valence-corrected chi connectivity index (χ3v) is 4.03. The minimum Gasteiger partial charge on any atom is -0.469 e. The fourth-order valence-corrected chi connectivity index (χ4v) is 2.69. The molecule has 1 saturated carbocycles. The van der Waals surface area contributed by atoms with Crippen molar-refractivity contribution in [3.05, 3.63) is 0 Å². The zero-order chi connectivity index (χ0) is 14.7. The second-order valence-corrected chi connectivity index (χ2v) is 6.22. The average Bonchev–Trinajstić information content (AvgIpc) is 3.24. The van der Waals surface area contributed by atoms with Crippen LogP contribution in [0.3, 0.4) is 0 Å². The molecule has 1 aliphatic heterocycles. The summed E-state index contributed by atoms with van der Waals surface area (Å²) in [5.41, 5.74) is 0. The maximum absolute atomic E-state index is 12.2. The number of rotatable bonds is 5. The first-order chi connectivity index (χ1) is 9.52. The molecule has 0 aromatic heterocycles. The van der Waals surface area contributed by atoms with E-state index in [0.717, 1.165) is 32.5 Å². The summed E-state index contributed by atoms with van der Waals surface area (Å²) in [5.74, 6) is 0.0566. The molecule has 0 spiro atoms. The van der Waals surface area contributed by atoms with Gasteiger partial charge >= 0.3 is 5.97 Å². The molecule has 1 saturated heterocycles. The summed E-state index contributed by atoms with van der Waals surface area (Å²) in [6, 6.07) is 0. The number of likely N-dealkylation sites (tertiary alicyclic amines) is 1. The number of hydrogen-bond acceptors (Lipinski definition) is 4. The molecular weight excluding hydrogens is 258 g/mol. The molecule has 2 rings (SSSR count). The van der Waals surface area contributed by atoms with Gasteiger partial charge in [0.1, 0.15) is 0 Å². The number of nitrogens with zero attached hydrogens (tertiary/aromatic N) is 1. The predicted octanol–water partition coefficient (Wildman–Crippen LogP) is 1.46. The fourth-order valence-electron chi connectivity index (χ4n) is 2.69. The Hall–Kier alpha value is -1.10. The van der Waals surface area contributed by atoms with Gasteiger partial charge in [-0.1, -0.05) is 13.8 Å². The Balaban J connectivity index is 1.72. The highest BCUT2D eigenvalue weighted by molar-refractivity contribution is 5.90. The summed E-state index contributed by atoms with van der Waals surface area (Å²) < 4.78 is 10.5. The minimum absolute atomic E-state index is 0.114. The molecule has 1 aliphatic carbocycles. The molecular formula is C15H25NO4. The van der Waals surface area contributed by atoms with E-state index in [4.69, 9.17) is 4.74 Å². The number of carbonyl (C=O) groups excluding carboxylic acids is 2. The molecule has 1 heterocycles. The van der Waals surface area contributed by atoms with Crippen molar-refractivity contribution in [1.29, 1.82) is 0 Å². The van der Waals surface area contributed by atoms with Crippen LogP contribution < -0.4 is 0 Å². The second-order valence-electron chi connectivity index (χ2n) is 6.22. The van der Waals surface area contributed by atoms with Gasteiger partial charge in [-0.2, -0.15) is 0 Å². The van der Waals surface area contributed by atoms with Crippen LogP contribution in [0.15, 0.2) is 0 Å². The van der Waals surface area contributed by atoms with E-state index in [1.807, 2.05) is 4.90 Å². The minimum atomic E-state index is -0.251. The van der Waals surface area contributed by atoms with Gasteiger partial charge in [-0.05, 0) is 25.2 Å². The van der Waals surface area contributed by atoms with E-state index < -0.39 is 0 Å². The summed E-state index contributed by atoms with van der Waals surface area (Å²) in [6.45, 7) is 6.54. The summed E-state index contributed by atoms with van der Waals surface area (Å²) in [6.07, 6.45) is 2.72. The third kappa shape index (κ3) is 3.72. The lowest BCUT2D eigenvalue weighted by Gasteiger charge is -2.32. The molecule has 0 N–H and O–H groups in total. The van der Waals surface area contributed by atoms with Crippen molar-refractivity contribution in [3.63, 3.8) is 0 Å². The average molecular weight is 283 g/mol. The van der Waals surface area contributed by atoms with Crippen LogP contribution in [-0.2, 0) is 19.1 Å².